The summed E-state index contributed by atoms with van der Waals surface area (Å²) in [6, 6.07) is 1.81. The van der Waals surface area contributed by atoms with Gasteiger partial charge in [0.15, 0.2) is 0 Å². The lowest BCUT2D eigenvalue weighted by molar-refractivity contribution is -0.356. The minimum absolute atomic E-state index is 0.0154. The lowest BCUT2D eigenvalue weighted by Crippen LogP contribution is -2.62. The molecule has 4 saturated carbocycles. The number of rotatable bonds is 12. The van der Waals surface area contributed by atoms with Crippen LogP contribution < -0.4 is 4.74 Å². The molecule has 5 rings (SSSR count). The average molecular weight is 703 g/mol. The van der Waals surface area contributed by atoms with Crippen LogP contribution in [0.4, 0.5) is 43.9 Å². The van der Waals surface area contributed by atoms with E-state index < -0.39 is 94.0 Å². The normalized spacial score (nSPS) is 26.5. The molecule has 1 aromatic rings. The zero-order chi connectivity index (χ0) is 34.6. The maximum Gasteiger partial charge on any atom is 0.468 e. The molecule has 46 heavy (non-hydrogen) atoms. The molecule has 4 fully saturated rings. The van der Waals surface area contributed by atoms with Crippen LogP contribution in [0.3, 0.4) is 0 Å². The van der Waals surface area contributed by atoms with Gasteiger partial charge in [-0.1, -0.05) is 0 Å². The minimum atomic E-state index is -6.57. The van der Waals surface area contributed by atoms with Crippen LogP contribution in [0.15, 0.2) is 24.3 Å². The highest BCUT2D eigenvalue weighted by molar-refractivity contribution is 7.87. The van der Waals surface area contributed by atoms with E-state index in [4.69, 9.17) is 9.29 Å². The van der Waals surface area contributed by atoms with Crippen LogP contribution in [0.2, 0.25) is 0 Å². The Hall–Kier alpha value is -2.67. The molecule has 1 atom stereocenters. The molecule has 1 N–H and O–H groups in total. The number of hydrogen-bond acceptors (Lipinski definition) is 7. The standard InChI is InChI=1S/C27H28F10O8S/c28-23(29,27(36,37)46(40,41)42)7-1-2-8-43-24(26(33,34)35,21(39)44-19-5-3-18(4-6-19)25(30,31)32)45-20(38)22-12-15-9-16(13-22)11-17(10-15)14-22/h3-6,15-17H,1-2,7-14H2,(H,40,41,42). The number of ether oxygens (including phenoxy) is 3. The van der Waals surface area contributed by atoms with Gasteiger partial charge in [-0.25, -0.2) is 4.79 Å². The van der Waals surface area contributed by atoms with Gasteiger partial charge >= 0.3 is 51.4 Å². The van der Waals surface area contributed by atoms with Gasteiger partial charge in [-0.3, -0.25) is 9.35 Å². The number of unbranched alkanes of at least 4 members (excludes halogenated alkanes) is 1. The van der Waals surface area contributed by atoms with E-state index in [2.05, 4.69) is 9.47 Å². The van der Waals surface area contributed by atoms with Crippen LogP contribution in [-0.2, 0) is 35.4 Å². The summed E-state index contributed by atoms with van der Waals surface area (Å²) < 4.78 is 181. The van der Waals surface area contributed by atoms with E-state index in [9.17, 15) is 61.9 Å². The number of carbonyl (C=O) groups is 2. The van der Waals surface area contributed by atoms with Gasteiger partial charge in [0.05, 0.1) is 17.6 Å². The van der Waals surface area contributed by atoms with E-state index in [1.54, 1.807) is 0 Å². The summed E-state index contributed by atoms with van der Waals surface area (Å²) in [6.45, 7) is -1.36. The summed E-state index contributed by atoms with van der Waals surface area (Å²) in [5, 5.41) is -5.94. The van der Waals surface area contributed by atoms with Crippen molar-refractivity contribution in [2.45, 2.75) is 87.1 Å². The van der Waals surface area contributed by atoms with Crippen LogP contribution in [-0.4, -0.2) is 54.7 Å². The molecule has 0 spiro atoms. The highest BCUT2D eigenvalue weighted by atomic mass is 32.2. The Morgan fingerprint density at radius 1 is 0.826 bits per heavy atom. The van der Waals surface area contributed by atoms with Gasteiger partial charge in [0.25, 0.3) is 0 Å². The van der Waals surface area contributed by atoms with Crippen molar-refractivity contribution in [1.82, 2.24) is 0 Å². The Kier molecular flexibility index (Phi) is 9.51. The summed E-state index contributed by atoms with van der Waals surface area (Å²) in [4.78, 5) is 26.6. The fourth-order valence-corrected chi connectivity index (χ4v) is 7.35. The largest absolute Gasteiger partial charge is 0.468 e. The van der Waals surface area contributed by atoms with E-state index in [1.165, 1.54) is 0 Å². The number of esters is 2. The van der Waals surface area contributed by atoms with Crippen molar-refractivity contribution >= 4 is 22.1 Å². The van der Waals surface area contributed by atoms with Crippen LogP contribution in [0.5, 0.6) is 5.75 Å². The average Bonchev–Trinajstić information content (AvgIpc) is 2.89. The number of halogens is 10. The number of alkyl halides is 10. The molecule has 260 valence electrons. The first-order chi connectivity index (χ1) is 20.9. The van der Waals surface area contributed by atoms with E-state index >= 15 is 0 Å². The predicted molar refractivity (Wildman–Crippen MR) is 134 cm³/mol. The van der Waals surface area contributed by atoms with Crippen LogP contribution in [0.1, 0.15) is 63.4 Å². The Balaban J connectivity index is 1.57. The quantitative estimate of drug-likeness (QED) is 0.0623. The molecule has 0 aliphatic heterocycles. The molecule has 1 aromatic carbocycles. The van der Waals surface area contributed by atoms with Gasteiger partial charge in [0.2, 0.25) is 0 Å². The van der Waals surface area contributed by atoms with Gasteiger partial charge < -0.3 is 14.2 Å². The fraction of sp³-hybridized carbons (Fsp3) is 0.704. The van der Waals surface area contributed by atoms with Crippen molar-refractivity contribution in [1.29, 1.82) is 0 Å². The topological polar surface area (TPSA) is 116 Å². The zero-order valence-electron chi connectivity index (χ0n) is 23.6. The third-order valence-electron chi connectivity index (χ3n) is 8.68. The second-order valence-electron chi connectivity index (χ2n) is 12.1. The van der Waals surface area contributed by atoms with Gasteiger partial charge in [-0.2, -0.15) is 52.3 Å². The Labute approximate surface area is 255 Å². The predicted octanol–water partition coefficient (Wildman–Crippen LogP) is 6.93. The Morgan fingerprint density at radius 2 is 1.33 bits per heavy atom. The van der Waals surface area contributed by atoms with E-state index in [0.29, 0.717) is 24.3 Å². The van der Waals surface area contributed by atoms with Crippen LogP contribution in [0.25, 0.3) is 0 Å². The highest BCUT2D eigenvalue weighted by Gasteiger charge is 2.70. The molecular formula is C27H28F10O8S. The second-order valence-corrected chi connectivity index (χ2v) is 13.6. The molecular weight excluding hydrogens is 674 g/mol. The van der Waals surface area contributed by atoms with E-state index in [-0.39, 0.29) is 37.0 Å². The molecule has 19 heteroatoms. The lowest BCUT2D eigenvalue weighted by Gasteiger charge is -2.55. The summed E-state index contributed by atoms with van der Waals surface area (Å²) in [5.74, 6) is -14.6. The molecule has 8 nitrogen and oxygen atoms in total. The number of carbonyl (C=O) groups excluding carboxylic acids is 2. The van der Waals surface area contributed by atoms with Crippen molar-refractivity contribution in [2.24, 2.45) is 23.2 Å². The minimum Gasteiger partial charge on any atom is -0.421 e. The molecule has 0 amide bonds. The third kappa shape index (κ3) is 6.95. The lowest BCUT2D eigenvalue weighted by atomic mass is 9.49. The first kappa shape index (κ1) is 36.2. The Bertz CT molecular complexity index is 1370. The number of benzene rings is 1. The maximum absolute atomic E-state index is 14.7. The molecule has 1 unspecified atom stereocenters. The SMILES string of the molecule is O=C(OC(OCCCCC(F)(F)C(F)(F)S(=O)(=O)O)(C(=O)Oc1ccc(C(F)(F)F)cc1)C(F)(F)F)C12CC3CC(CC(C3)C1)C2. The highest BCUT2D eigenvalue weighted by Crippen LogP contribution is 2.61. The molecule has 0 saturated heterocycles. The van der Waals surface area contributed by atoms with Crippen molar-refractivity contribution in [3.8, 4) is 5.75 Å². The van der Waals surface area contributed by atoms with Gasteiger partial charge in [0, 0.05) is 6.42 Å². The summed E-state index contributed by atoms with van der Waals surface area (Å²) in [7, 11) is -6.57. The second kappa shape index (κ2) is 12.1. The molecule has 4 aliphatic rings. The summed E-state index contributed by atoms with van der Waals surface area (Å²) >= 11 is 0. The van der Waals surface area contributed by atoms with Crippen molar-refractivity contribution in [3.05, 3.63) is 29.8 Å². The molecule has 4 aliphatic carbocycles. The monoisotopic (exact) mass is 702 g/mol. The van der Waals surface area contributed by atoms with Gasteiger partial charge in [-0.05, 0) is 93.4 Å². The molecule has 0 heterocycles. The van der Waals surface area contributed by atoms with E-state index in [0.717, 1.165) is 19.3 Å². The zero-order valence-corrected chi connectivity index (χ0v) is 24.4. The molecule has 0 aromatic heterocycles. The third-order valence-corrected chi connectivity index (χ3v) is 9.63. The molecule has 4 bridgehead atoms. The first-order valence-corrected chi connectivity index (χ1v) is 15.4. The first-order valence-electron chi connectivity index (χ1n) is 14.0. The van der Waals surface area contributed by atoms with Crippen molar-refractivity contribution < 1.29 is 80.7 Å². The summed E-state index contributed by atoms with van der Waals surface area (Å²) in [6.07, 6.45) is -12.1. The molecule has 0 radical (unpaired) electrons. The fourth-order valence-electron chi connectivity index (χ4n) is 6.87. The summed E-state index contributed by atoms with van der Waals surface area (Å²) in [5.41, 5.74) is -2.65. The van der Waals surface area contributed by atoms with Crippen LogP contribution in [0, 0.1) is 23.2 Å². The van der Waals surface area contributed by atoms with Crippen LogP contribution >= 0.6 is 0 Å². The number of hydrogen-bond donors (Lipinski definition) is 1. The van der Waals surface area contributed by atoms with Gasteiger partial charge in [-0.15, -0.1) is 0 Å². The smallest absolute Gasteiger partial charge is 0.421 e. The van der Waals surface area contributed by atoms with Crippen molar-refractivity contribution in [2.75, 3.05) is 6.61 Å². The van der Waals surface area contributed by atoms with Gasteiger partial charge in [0.1, 0.15) is 5.75 Å². The van der Waals surface area contributed by atoms with Crippen molar-refractivity contribution in [3.63, 3.8) is 0 Å². The van der Waals surface area contributed by atoms with E-state index in [1.807, 2.05) is 0 Å². The maximum atomic E-state index is 14.7. The Morgan fingerprint density at radius 3 is 1.76 bits per heavy atom.